The highest BCUT2D eigenvalue weighted by Crippen LogP contribution is 2.26. The van der Waals surface area contributed by atoms with Crippen LogP contribution in [0.3, 0.4) is 0 Å². The van der Waals surface area contributed by atoms with Crippen molar-refractivity contribution in [1.29, 1.82) is 0 Å². The lowest BCUT2D eigenvalue weighted by Gasteiger charge is -2.06. The molecule has 2 aromatic carbocycles. The number of carbonyl (C=O) groups excluding carboxylic acids is 1. The molecule has 122 valence electrons. The maximum atomic E-state index is 13.0. The number of nitrogens with one attached hydrogen (secondary N) is 1. The maximum absolute atomic E-state index is 13.0. The molecule has 0 aliphatic heterocycles. The molecule has 0 radical (unpaired) electrons. The van der Waals surface area contributed by atoms with Gasteiger partial charge in [-0.05, 0) is 42.5 Å². The van der Waals surface area contributed by atoms with E-state index in [1.54, 1.807) is 30.3 Å². The molecular formula is C17H11Cl2FN2OS. The average molecular weight is 381 g/mol. The number of nitrogens with zero attached hydrogens (tertiary/aromatic N) is 1. The molecule has 0 aliphatic rings. The summed E-state index contributed by atoms with van der Waals surface area (Å²) in [5, 5.41) is 6.15. The van der Waals surface area contributed by atoms with Crippen LogP contribution >= 0.6 is 34.5 Å². The van der Waals surface area contributed by atoms with E-state index < -0.39 is 0 Å². The fraction of sp³-hybridized carbons (Fsp3) is 0.0588. The van der Waals surface area contributed by atoms with Gasteiger partial charge in [0.05, 0.1) is 22.8 Å². The van der Waals surface area contributed by atoms with Crippen molar-refractivity contribution in [2.75, 3.05) is 5.32 Å². The minimum Gasteiger partial charge on any atom is -0.324 e. The number of hydrogen-bond acceptors (Lipinski definition) is 3. The fourth-order valence-corrected chi connectivity index (χ4v) is 3.34. The quantitative estimate of drug-likeness (QED) is 0.654. The first-order valence-corrected chi connectivity index (χ1v) is 8.60. The number of thiazole rings is 1. The predicted octanol–water partition coefficient (Wildman–Crippen LogP) is 5.44. The Hall–Kier alpha value is -1.95. The molecule has 0 fully saturated rings. The van der Waals surface area contributed by atoms with Crippen molar-refractivity contribution >= 4 is 46.1 Å². The first-order valence-electron chi connectivity index (χ1n) is 6.96. The second-order valence-corrected chi connectivity index (χ2v) is 6.70. The molecule has 24 heavy (non-hydrogen) atoms. The van der Waals surface area contributed by atoms with E-state index in [4.69, 9.17) is 23.2 Å². The van der Waals surface area contributed by atoms with Gasteiger partial charge in [-0.2, -0.15) is 0 Å². The van der Waals surface area contributed by atoms with Gasteiger partial charge in [0.15, 0.2) is 0 Å². The van der Waals surface area contributed by atoms with E-state index in [0.717, 1.165) is 10.6 Å². The summed E-state index contributed by atoms with van der Waals surface area (Å²) in [7, 11) is 0. The first kappa shape index (κ1) is 16.9. The van der Waals surface area contributed by atoms with E-state index in [2.05, 4.69) is 10.3 Å². The first-order chi connectivity index (χ1) is 11.5. The lowest BCUT2D eigenvalue weighted by Crippen LogP contribution is -2.14. The fourth-order valence-electron chi connectivity index (χ4n) is 2.06. The third-order valence-electron chi connectivity index (χ3n) is 3.19. The van der Waals surface area contributed by atoms with Gasteiger partial charge in [-0.1, -0.05) is 23.2 Å². The maximum Gasteiger partial charge on any atom is 0.230 e. The van der Waals surface area contributed by atoms with E-state index >= 15 is 0 Å². The smallest absolute Gasteiger partial charge is 0.230 e. The number of halogens is 3. The zero-order valence-electron chi connectivity index (χ0n) is 12.2. The molecule has 3 nitrogen and oxygen atoms in total. The standard InChI is InChI=1S/C17H11Cl2FN2OS/c18-11-3-6-15(14(19)7-11)22-16(23)8-13-9-24-17(21-13)10-1-4-12(20)5-2-10/h1-7,9H,8H2,(H,22,23). The van der Waals surface area contributed by atoms with Crippen LogP contribution in [-0.2, 0) is 11.2 Å². The van der Waals surface area contributed by atoms with Gasteiger partial charge in [-0.3, -0.25) is 4.79 Å². The van der Waals surface area contributed by atoms with Crippen LogP contribution in [0.15, 0.2) is 47.8 Å². The number of anilines is 1. The summed E-state index contributed by atoms with van der Waals surface area (Å²) in [4.78, 5) is 16.5. The Morgan fingerprint density at radius 2 is 1.92 bits per heavy atom. The van der Waals surface area contributed by atoms with Gasteiger partial charge in [0, 0.05) is 16.0 Å². The largest absolute Gasteiger partial charge is 0.324 e. The molecule has 0 saturated carbocycles. The van der Waals surface area contributed by atoms with Crippen LogP contribution in [-0.4, -0.2) is 10.9 Å². The number of aromatic nitrogens is 1. The molecule has 0 saturated heterocycles. The highest BCUT2D eigenvalue weighted by molar-refractivity contribution is 7.13. The zero-order chi connectivity index (χ0) is 17.1. The molecule has 1 aromatic heterocycles. The Kier molecular flexibility index (Phi) is 5.14. The number of hydrogen-bond donors (Lipinski definition) is 1. The molecule has 3 aromatic rings. The van der Waals surface area contributed by atoms with Crippen molar-refractivity contribution < 1.29 is 9.18 Å². The summed E-state index contributed by atoms with van der Waals surface area (Å²) in [6.45, 7) is 0. The second kappa shape index (κ2) is 7.30. The van der Waals surface area contributed by atoms with Crippen LogP contribution in [0.4, 0.5) is 10.1 Å². The Morgan fingerprint density at radius 3 is 2.62 bits per heavy atom. The van der Waals surface area contributed by atoms with Crippen molar-refractivity contribution in [3.8, 4) is 10.6 Å². The Labute approximate surface area is 152 Å². The highest BCUT2D eigenvalue weighted by atomic mass is 35.5. The monoisotopic (exact) mass is 380 g/mol. The highest BCUT2D eigenvalue weighted by Gasteiger charge is 2.11. The van der Waals surface area contributed by atoms with Gasteiger partial charge in [0.1, 0.15) is 10.8 Å². The summed E-state index contributed by atoms with van der Waals surface area (Å²) in [6, 6.07) is 10.9. The number of carbonyl (C=O) groups is 1. The van der Waals surface area contributed by atoms with Gasteiger partial charge in [0.25, 0.3) is 0 Å². The molecule has 0 spiro atoms. The summed E-state index contributed by atoms with van der Waals surface area (Å²) >= 11 is 13.3. The normalized spacial score (nSPS) is 10.6. The average Bonchev–Trinajstić information content (AvgIpc) is 2.99. The number of benzene rings is 2. The van der Waals surface area contributed by atoms with Crippen LogP contribution in [0.2, 0.25) is 10.0 Å². The third-order valence-corrected chi connectivity index (χ3v) is 4.68. The molecule has 0 atom stereocenters. The molecule has 0 unspecified atom stereocenters. The van der Waals surface area contributed by atoms with E-state index in [-0.39, 0.29) is 18.1 Å². The minimum atomic E-state index is -0.297. The second-order valence-electron chi connectivity index (χ2n) is 5.00. The predicted molar refractivity (Wildman–Crippen MR) is 96.3 cm³/mol. The van der Waals surface area contributed by atoms with E-state index in [0.29, 0.717) is 21.4 Å². The molecule has 1 N–H and O–H groups in total. The minimum absolute atomic E-state index is 0.122. The van der Waals surface area contributed by atoms with E-state index in [1.165, 1.54) is 23.5 Å². The zero-order valence-corrected chi connectivity index (χ0v) is 14.6. The number of amides is 1. The SMILES string of the molecule is O=C(Cc1csc(-c2ccc(F)cc2)n1)Nc1ccc(Cl)cc1Cl. The Morgan fingerprint density at radius 1 is 1.17 bits per heavy atom. The van der Waals surface area contributed by atoms with E-state index in [1.807, 2.05) is 5.38 Å². The van der Waals surface area contributed by atoms with Crippen molar-refractivity contribution in [2.45, 2.75) is 6.42 Å². The third kappa shape index (κ3) is 4.12. The lowest BCUT2D eigenvalue weighted by molar-refractivity contribution is -0.115. The Bertz CT molecular complexity index is 881. The van der Waals surface area contributed by atoms with Crippen molar-refractivity contribution in [3.05, 3.63) is 69.4 Å². The molecular weight excluding hydrogens is 370 g/mol. The Balaban J connectivity index is 1.68. The topological polar surface area (TPSA) is 42.0 Å². The van der Waals surface area contributed by atoms with Gasteiger partial charge in [0.2, 0.25) is 5.91 Å². The van der Waals surface area contributed by atoms with Crippen LogP contribution in [0.5, 0.6) is 0 Å². The van der Waals surface area contributed by atoms with Crippen LogP contribution in [0.25, 0.3) is 10.6 Å². The van der Waals surface area contributed by atoms with Crippen molar-refractivity contribution in [2.24, 2.45) is 0 Å². The summed E-state index contributed by atoms with van der Waals surface area (Å²) in [6.07, 6.45) is 0.122. The summed E-state index contributed by atoms with van der Waals surface area (Å²) in [5.74, 6) is -0.523. The molecule has 1 heterocycles. The molecule has 0 aliphatic carbocycles. The molecule has 7 heteroatoms. The van der Waals surface area contributed by atoms with Crippen molar-refractivity contribution in [1.82, 2.24) is 4.98 Å². The molecule has 1 amide bonds. The lowest BCUT2D eigenvalue weighted by atomic mass is 10.2. The van der Waals surface area contributed by atoms with Crippen molar-refractivity contribution in [3.63, 3.8) is 0 Å². The van der Waals surface area contributed by atoms with Crippen LogP contribution in [0, 0.1) is 5.82 Å². The van der Waals surface area contributed by atoms with Gasteiger partial charge < -0.3 is 5.32 Å². The summed E-state index contributed by atoms with van der Waals surface area (Å²) < 4.78 is 13.0. The van der Waals surface area contributed by atoms with Crippen LogP contribution < -0.4 is 5.32 Å². The number of rotatable bonds is 4. The molecule has 0 bridgehead atoms. The van der Waals surface area contributed by atoms with Gasteiger partial charge in [-0.25, -0.2) is 9.37 Å². The molecule has 3 rings (SSSR count). The van der Waals surface area contributed by atoms with Crippen LogP contribution in [0.1, 0.15) is 5.69 Å². The van der Waals surface area contributed by atoms with E-state index in [9.17, 15) is 9.18 Å². The summed E-state index contributed by atoms with van der Waals surface area (Å²) in [5.41, 5.74) is 1.95. The van der Waals surface area contributed by atoms with Gasteiger partial charge >= 0.3 is 0 Å². The van der Waals surface area contributed by atoms with Gasteiger partial charge in [-0.15, -0.1) is 11.3 Å².